The molecule has 20 heavy (non-hydrogen) atoms. The van der Waals surface area contributed by atoms with Crippen LogP contribution in [0.2, 0.25) is 0 Å². The molecule has 0 saturated heterocycles. The van der Waals surface area contributed by atoms with E-state index >= 15 is 0 Å². The van der Waals surface area contributed by atoms with Crippen molar-refractivity contribution in [3.63, 3.8) is 0 Å². The van der Waals surface area contributed by atoms with Gasteiger partial charge in [-0.1, -0.05) is 37.3 Å². The van der Waals surface area contributed by atoms with Gasteiger partial charge in [0.25, 0.3) is 0 Å². The third-order valence-electron chi connectivity index (χ3n) is 2.96. The Morgan fingerprint density at radius 2 is 2.15 bits per heavy atom. The molecule has 0 unspecified atom stereocenters. The van der Waals surface area contributed by atoms with Crippen molar-refractivity contribution in [3.05, 3.63) is 58.1 Å². The molecule has 1 aromatic heterocycles. The van der Waals surface area contributed by atoms with E-state index in [4.69, 9.17) is 0 Å². The zero-order valence-electron chi connectivity index (χ0n) is 11.5. The molecule has 2 rings (SSSR count). The summed E-state index contributed by atoms with van der Waals surface area (Å²) in [5, 5.41) is 4.96. The molecule has 1 aromatic carbocycles. The molecule has 0 radical (unpaired) electrons. The number of aromatic nitrogens is 1. The SMILES string of the molecule is CC/C(=C\c1ccccc1)C(=O)NCCc1cscn1. The lowest BCUT2D eigenvalue weighted by atomic mass is 10.1. The van der Waals surface area contributed by atoms with E-state index in [1.807, 2.05) is 54.2 Å². The summed E-state index contributed by atoms with van der Waals surface area (Å²) in [6.07, 6.45) is 3.44. The summed E-state index contributed by atoms with van der Waals surface area (Å²) >= 11 is 1.58. The second kappa shape index (κ2) is 7.60. The smallest absolute Gasteiger partial charge is 0.247 e. The molecule has 0 fully saturated rings. The van der Waals surface area contributed by atoms with Crippen LogP contribution in [0.4, 0.5) is 0 Å². The van der Waals surface area contributed by atoms with Crippen molar-refractivity contribution in [1.29, 1.82) is 0 Å². The maximum atomic E-state index is 12.1. The Bertz CT molecular complexity index is 561. The number of thiazole rings is 1. The summed E-state index contributed by atoms with van der Waals surface area (Å²) in [7, 11) is 0. The largest absolute Gasteiger partial charge is 0.352 e. The van der Waals surface area contributed by atoms with Crippen LogP contribution in [0.25, 0.3) is 6.08 Å². The Hall–Kier alpha value is -1.94. The van der Waals surface area contributed by atoms with Crippen LogP contribution in [0.3, 0.4) is 0 Å². The van der Waals surface area contributed by atoms with Gasteiger partial charge in [0.1, 0.15) is 0 Å². The molecule has 0 spiro atoms. The van der Waals surface area contributed by atoms with E-state index in [1.165, 1.54) is 0 Å². The van der Waals surface area contributed by atoms with Gasteiger partial charge in [-0.05, 0) is 18.1 Å². The summed E-state index contributed by atoms with van der Waals surface area (Å²) in [5.41, 5.74) is 4.69. The highest BCUT2D eigenvalue weighted by atomic mass is 32.1. The van der Waals surface area contributed by atoms with E-state index in [0.29, 0.717) is 6.54 Å². The molecule has 1 N–H and O–H groups in total. The molecular formula is C16H18N2OS. The molecule has 0 atom stereocenters. The van der Waals surface area contributed by atoms with Crippen molar-refractivity contribution in [1.82, 2.24) is 10.3 Å². The van der Waals surface area contributed by atoms with E-state index in [0.717, 1.165) is 29.7 Å². The number of amides is 1. The lowest BCUT2D eigenvalue weighted by Crippen LogP contribution is -2.27. The van der Waals surface area contributed by atoms with Gasteiger partial charge >= 0.3 is 0 Å². The number of carbonyl (C=O) groups excluding carboxylic acids is 1. The first-order valence-electron chi connectivity index (χ1n) is 6.70. The van der Waals surface area contributed by atoms with Crippen molar-refractivity contribution in [2.24, 2.45) is 0 Å². The molecular weight excluding hydrogens is 268 g/mol. The van der Waals surface area contributed by atoms with Crippen molar-refractivity contribution in [2.45, 2.75) is 19.8 Å². The number of nitrogens with one attached hydrogen (secondary N) is 1. The van der Waals surface area contributed by atoms with E-state index in [1.54, 1.807) is 11.3 Å². The highest BCUT2D eigenvalue weighted by molar-refractivity contribution is 7.07. The standard InChI is InChI=1S/C16H18N2OS/c1-2-14(10-13-6-4-3-5-7-13)16(19)17-9-8-15-11-20-12-18-15/h3-7,10-12H,2,8-9H2,1H3,(H,17,19)/b14-10+. The van der Waals surface area contributed by atoms with Gasteiger partial charge in [-0.2, -0.15) is 0 Å². The zero-order valence-corrected chi connectivity index (χ0v) is 12.3. The average molecular weight is 286 g/mol. The topological polar surface area (TPSA) is 42.0 Å². The van der Waals surface area contributed by atoms with Crippen LogP contribution in [0.15, 0.2) is 46.8 Å². The Kier molecular flexibility index (Phi) is 5.50. The van der Waals surface area contributed by atoms with Gasteiger partial charge in [-0.25, -0.2) is 4.98 Å². The lowest BCUT2D eigenvalue weighted by Gasteiger charge is -2.06. The van der Waals surface area contributed by atoms with Crippen molar-refractivity contribution in [2.75, 3.05) is 6.54 Å². The molecule has 0 saturated carbocycles. The van der Waals surface area contributed by atoms with E-state index in [2.05, 4.69) is 10.3 Å². The first kappa shape index (κ1) is 14.5. The fourth-order valence-electron chi connectivity index (χ4n) is 1.86. The maximum Gasteiger partial charge on any atom is 0.247 e. The highest BCUT2D eigenvalue weighted by Crippen LogP contribution is 2.09. The molecule has 0 aliphatic heterocycles. The fraction of sp³-hybridized carbons (Fsp3) is 0.250. The molecule has 2 aromatic rings. The quantitative estimate of drug-likeness (QED) is 0.828. The molecule has 1 heterocycles. The average Bonchev–Trinajstić information content (AvgIpc) is 2.99. The number of rotatable bonds is 6. The van der Waals surface area contributed by atoms with Gasteiger partial charge in [0.2, 0.25) is 5.91 Å². The minimum atomic E-state index is 0.00610. The Labute approximate surface area is 123 Å². The number of benzene rings is 1. The highest BCUT2D eigenvalue weighted by Gasteiger charge is 2.07. The van der Waals surface area contributed by atoms with Crippen LogP contribution >= 0.6 is 11.3 Å². The van der Waals surface area contributed by atoms with Gasteiger partial charge in [-0.15, -0.1) is 11.3 Å². The number of carbonyl (C=O) groups is 1. The third-order valence-corrected chi connectivity index (χ3v) is 3.60. The van der Waals surface area contributed by atoms with Crippen LogP contribution in [0.5, 0.6) is 0 Å². The predicted octanol–water partition coefficient (Wildman–Crippen LogP) is 3.30. The molecule has 1 amide bonds. The van der Waals surface area contributed by atoms with E-state index in [-0.39, 0.29) is 5.91 Å². The van der Waals surface area contributed by atoms with Crippen LogP contribution < -0.4 is 5.32 Å². The fourth-order valence-corrected chi connectivity index (χ4v) is 2.45. The first-order chi connectivity index (χ1) is 9.79. The second-order valence-electron chi connectivity index (χ2n) is 4.42. The van der Waals surface area contributed by atoms with Crippen LogP contribution in [-0.2, 0) is 11.2 Å². The Balaban J connectivity index is 1.90. The molecule has 4 heteroatoms. The molecule has 104 valence electrons. The summed E-state index contributed by atoms with van der Waals surface area (Å²) in [6, 6.07) is 9.91. The molecule has 0 aliphatic rings. The summed E-state index contributed by atoms with van der Waals surface area (Å²) < 4.78 is 0. The minimum Gasteiger partial charge on any atom is -0.352 e. The maximum absolute atomic E-state index is 12.1. The second-order valence-corrected chi connectivity index (χ2v) is 5.14. The molecule has 3 nitrogen and oxygen atoms in total. The van der Waals surface area contributed by atoms with Crippen LogP contribution in [0, 0.1) is 0 Å². The Morgan fingerprint density at radius 3 is 2.80 bits per heavy atom. The number of hydrogen-bond donors (Lipinski definition) is 1. The van der Waals surface area contributed by atoms with Crippen molar-refractivity contribution in [3.8, 4) is 0 Å². The predicted molar refractivity (Wildman–Crippen MR) is 83.5 cm³/mol. The first-order valence-corrected chi connectivity index (χ1v) is 7.64. The minimum absolute atomic E-state index is 0.00610. The summed E-state index contributed by atoms with van der Waals surface area (Å²) in [6.45, 7) is 2.61. The van der Waals surface area contributed by atoms with Crippen LogP contribution in [-0.4, -0.2) is 17.4 Å². The van der Waals surface area contributed by atoms with E-state index < -0.39 is 0 Å². The van der Waals surface area contributed by atoms with Gasteiger partial charge in [0.15, 0.2) is 0 Å². The molecule has 0 bridgehead atoms. The normalized spacial score (nSPS) is 11.3. The van der Waals surface area contributed by atoms with Crippen LogP contribution in [0.1, 0.15) is 24.6 Å². The van der Waals surface area contributed by atoms with Gasteiger partial charge in [-0.3, -0.25) is 4.79 Å². The van der Waals surface area contributed by atoms with E-state index in [9.17, 15) is 4.79 Å². The summed E-state index contributed by atoms with van der Waals surface area (Å²) in [4.78, 5) is 16.3. The zero-order chi connectivity index (χ0) is 14.2. The van der Waals surface area contributed by atoms with Gasteiger partial charge in [0, 0.05) is 23.9 Å². The van der Waals surface area contributed by atoms with Crippen molar-refractivity contribution < 1.29 is 4.79 Å². The monoisotopic (exact) mass is 286 g/mol. The van der Waals surface area contributed by atoms with Gasteiger partial charge < -0.3 is 5.32 Å². The molecule has 0 aliphatic carbocycles. The summed E-state index contributed by atoms with van der Waals surface area (Å²) in [5.74, 6) is 0.00610. The number of nitrogens with zero attached hydrogens (tertiary/aromatic N) is 1. The van der Waals surface area contributed by atoms with Gasteiger partial charge in [0.05, 0.1) is 11.2 Å². The van der Waals surface area contributed by atoms with Crippen molar-refractivity contribution >= 4 is 23.3 Å². The third kappa shape index (κ3) is 4.31. The lowest BCUT2D eigenvalue weighted by molar-refractivity contribution is -0.117. The number of hydrogen-bond acceptors (Lipinski definition) is 3. The Morgan fingerprint density at radius 1 is 1.35 bits per heavy atom.